The molecule has 3 nitrogen and oxygen atoms in total. The molecule has 0 aliphatic carbocycles. The van der Waals surface area contributed by atoms with Crippen LogP contribution in [0, 0.1) is 0 Å². The molecule has 0 spiro atoms. The normalized spacial score (nSPS) is 10.5. The van der Waals surface area contributed by atoms with Gasteiger partial charge in [0.05, 0.1) is 22.2 Å². The van der Waals surface area contributed by atoms with Crippen molar-refractivity contribution in [2.75, 3.05) is 19.8 Å². The molecule has 0 heterocycles. The summed E-state index contributed by atoms with van der Waals surface area (Å²) in [6.45, 7) is 3.72. The maximum Gasteiger partial charge on any atom is 0.147 e. The largest absolute Gasteiger partial charge is 0.489 e. The summed E-state index contributed by atoms with van der Waals surface area (Å²) >= 11 is 6.80. The highest BCUT2D eigenvalue weighted by atomic mass is 79.9. The van der Waals surface area contributed by atoms with Crippen LogP contribution in [-0.2, 0) is 11.3 Å². The van der Waals surface area contributed by atoms with Crippen molar-refractivity contribution in [2.45, 2.75) is 13.5 Å². The Morgan fingerprint density at radius 2 is 1.81 bits per heavy atom. The molecule has 0 aliphatic heterocycles. The average molecular weight is 354 g/mol. The molecule has 0 amide bonds. The summed E-state index contributed by atoms with van der Waals surface area (Å²) in [4.78, 5) is 0. The highest BCUT2D eigenvalue weighted by molar-refractivity contribution is 9.11. The molecule has 1 rings (SSSR count). The lowest BCUT2D eigenvalue weighted by atomic mass is 10.2. The van der Waals surface area contributed by atoms with Gasteiger partial charge in [0.2, 0.25) is 0 Å². The molecule has 0 aromatic heterocycles. The van der Waals surface area contributed by atoms with Crippen LogP contribution in [0.3, 0.4) is 0 Å². The fourth-order valence-electron chi connectivity index (χ4n) is 1.19. The van der Waals surface area contributed by atoms with Crippen LogP contribution in [0.15, 0.2) is 21.1 Å². The Kier molecular flexibility index (Phi) is 6.34. The number of benzene rings is 1. The molecule has 16 heavy (non-hydrogen) atoms. The first kappa shape index (κ1) is 14.0. The predicted octanol–water partition coefficient (Wildman–Crippen LogP) is 3.12. The highest BCUT2D eigenvalue weighted by Crippen LogP contribution is 2.34. The van der Waals surface area contributed by atoms with Crippen LogP contribution in [0.4, 0.5) is 0 Å². The van der Waals surface area contributed by atoms with Gasteiger partial charge in [-0.15, -0.1) is 0 Å². The molecule has 0 radical (unpaired) electrons. The molecule has 0 fully saturated rings. The number of rotatable bonds is 6. The van der Waals surface area contributed by atoms with Gasteiger partial charge in [0.15, 0.2) is 0 Å². The molecule has 1 aromatic rings. The fourth-order valence-corrected chi connectivity index (χ4v) is 2.70. The van der Waals surface area contributed by atoms with E-state index >= 15 is 0 Å². The van der Waals surface area contributed by atoms with E-state index in [1.54, 1.807) is 0 Å². The summed E-state index contributed by atoms with van der Waals surface area (Å²) in [5.41, 5.74) is 0.830. The SMILES string of the molecule is CCOCCOc1c(Br)cc(CO)cc1Br. The van der Waals surface area contributed by atoms with Crippen molar-refractivity contribution in [1.82, 2.24) is 0 Å². The van der Waals surface area contributed by atoms with Crippen LogP contribution in [0.1, 0.15) is 12.5 Å². The Hall–Kier alpha value is -0.100. The Morgan fingerprint density at radius 3 is 2.31 bits per heavy atom. The van der Waals surface area contributed by atoms with Crippen molar-refractivity contribution < 1.29 is 14.6 Å². The van der Waals surface area contributed by atoms with Crippen molar-refractivity contribution in [1.29, 1.82) is 0 Å². The third-order valence-corrected chi connectivity index (χ3v) is 3.10. The molecular formula is C11H14Br2O3. The van der Waals surface area contributed by atoms with E-state index < -0.39 is 0 Å². The molecule has 1 aromatic carbocycles. The molecule has 90 valence electrons. The van der Waals surface area contributed by atoms with Gasteiger partial charge >= 0.3 is 0 Å². The lowest BCUT2D eigenvalue weighted by Gasteiger charge is -2.11. The molecule has 0 saturated carbocycles. The molecular weight excluding hydrogens is 340 g/mol. The van der Waals surface area contributed by atoms with E-state index in [1.807, 2.05) is 19.1 Å². The number of ether oxygens (including phenoxy) is 2. The second-order valence-corrected chi connectivity index (χ2v) is 4.80. The summed E-state index contributed by atoms with van der Waals surface area (Å²) in [7, 11) is 0. The lowest BCUT2D eigenvalue weighted by molar-refractivity contribution is 0.109. The van der Waals surface area contributed by atoms with Gasteiger partial charge in [0, 0.05) is 6.61 Å². The molecule has 0 unspecified atom stereocenters. The number of hydrogen-bond acceptors (Lipinski definition) is 3. The van der Waals surface area contributed by atoms with Crippen LogP contribution in [0.5, 0.6) is 5.75 Å². The van der Waals surface area contributed by atoms with Crippen LogP contribution in [-0.4, -0.2) is 24.9 Å². The number of hydrogen-bond donors (Lipinski definition) is 1. The summed E-state index contributed by atoms with van der Waals surface area (Å²) in [6, 6.07) is 3.67. The minimum atomic E-state index is 0.0103. The highest BCUT2D eigenvalue weighted by Gasteiger charge is 2.08. The van der Waals surface area contributed by atoms with Crippen LogP contribution >= 0.6 is 31.9 Å². The van der Waals surface area contributed by atoms with E-state index in [9.17, 15) is 0 Å². The van der Waals surface area contributed by atoms with Gasteiger partial charge in [0.25, 0.3) is 0 Å². The lowest BCUT2D eigenvalue weighted by Crippen LogP contribution is -2.07. The molecule has 1 N–H and O–H groups in total. The van der Waals surface area contributed by atoms with Crippen molar-refractivity contribution in [2.24, 2.45) is 0 Å². The standard InChI is InChI=1S/C11H14Br2O3/c1-2-15-3-4-16-11-9(12)5-8(7-14)6-10(11)13/h5-6,14H,2-4,7H2,1H3. The van der Waals surface area contributed by atoms with Gasteiger partial charge in [-0.3, -0.25) is 0 Å². The predicted molar refractivity (Wildman–Crippen MR) is 69.8 cm³/mol. The first-order valence-electron chi connectivity index (χ1n) is 4.98. The Labute approximate surface area is 112 Å². The van der Waals surface area contributed by atoms with Crippen LogP contribution in [0.2, 0.25) is 0 Å². The van der Waals surface area contributed by atoms with Crippen molar-refractivity contribution in [3.63, 3.8) is 0 Å². The molecule has 0 aliphatic rings. The monoisotopic (exact) mass is 352 g/mol. The number of aliphatic hydroxyl groups excluding tert-OH is 1. The van der Waals surface area contributed by atoms with Gasteiger partial charge in [-0.25, -0.2) is 0 Å². The maximum absolute atomic E-state index is 9.02. The molecule has 0 atom stereocenters. The Morgan fingerprint density at radius 1 is 1.19 bits per heavy atom. The van der Waals surface area contributed by atoms with Crippen LogP contribution in [0.25, 0.3) is 0 Å². The van der Waals surface area contributed by atoms with E-state index in [4.69, 9.17) is 14.6 Å². The van der Waals surface area contributed by atoms with Gasteiger partial charge in [0.1, 0.15) is 12.4 Å². The molecule has 5 heteroatoms. The Bertz CT molecular complexity index is 319. The number of aliphatic hydroxyl groups is 1. The average Bonchev–Trinajstić information content (AvgIpc) is 2.26. The zero-order chi connectivity index (χ0) is 12.0. The summed E-state index contributed by atoms with van der Waals surface area (Å²) in [5.74, 6) is 0.733. The van der Waals surface area contributed by atoms with Crippen LogP contribution < -0.4 is 4.74 Å². The van der Waals surface area contributed by atoms with E-state index in [1.165, 1.54) is 0 Å². The van der Waals surface area contributed by atoms with Crippen molar-refractivity contribution >= 4 is 31.9 Å². The van der Waals surface area contributed by atoms with E-state index in [2.05, 4.69) is 31.9 Å². The smallest absolute Gasteiger partial charge is 0.147 e. The summed E-state index contributed by atoms with van der Waals surface area (Å²) in [5, 5.41) is 9.02. The van der Waals surface area contributed by atoms with Gasteiger partial charge in [-0.05, 0) is 56.5 Å². The van der Waals surface area contributed by atoms with E-state index in [-0.39, 0.29) is 6.61 Å². The van der Waals surface area contributed by atoms with Gasteiger partial charge < -0.3 is 14.6 Å². The second-order valence-electron chi connectivity index (χ2n) is 3.09. The van der Waals surface area contributed by atoms with Gasteiger partial charge in [-0.1, -0.05) is 0 Å². The maximum atomic E-state index is 9.02. The van der Waals surface area contributed by atoms with Gasteiger partial charge in [-0.2, -0.15) is 0 Å². The zero-order valence-electron chi connectivity index (χ0n) is 9.00. The third-order valence-electron chi connectivity index (χ3n) is 1.92. The topological polar surface area (TPSA) is 38.7 Å². The molecule has 0 saturated heterocycles. The van der Waals surface area contributed by atoms with Crippen molar-refractivity contribution in [3.8, 4) is 5.75 Å². The van der Waals surface area contributed by atoms with E-state index in [0.717, 1.165) is 20.3 Å². The minimum Gasteiger partial charge on any atom is -0.489 e. The second kappa shape index (κ2) is 7.27. The third kappa shape index (κ3) is 4.05. The number of halogens is 2. The first-order chi connectivity index (χ1) is 7.69. The first-order valence-corrected chi connectivity index (χ1v) is 6.57. The minimum absolute atomic E-state index is 0.0103. The van der Waals surface area contributed by atoms with E-state index in [0.29, 0.717) is 19.8 Å². The Balaban J connectivity index is 2.65. The summed E-state index contributed by atoms with van der Waals surface area (Å²) in [6.07, 6.45) is 0. The quantitative estimate of drug-likeness (QED) is 0.798. The van der Waals surface area contributed by atoms with Crippen molar-refractivity contribution in [3.05, 3.63) is 26.6 Å². The zero-order valence-corrected chi connectivity index (χ0v) is 12.2. The fraction of sp³-hybridized carbons (Fsp3) is 0.455. The summed E-state index contributed by atoms with van der Waals surface area (Å²) < 4.78 is 12.4. The molecule has 0 bridgehead atoms.